The molecule has 146 valence electrons. The quantitative estimate of drug-likeness (QED) is 0.387. The third-order valence-corrected chi connectivity index (χ3v) is 7.38. The summed E-state index contributed by atoms with van der Waals surface area (Å²) in [5, 5.41) is 4.87. The van der Waals surface area contributed by atoms with Crippen molar-refractivity contribution in [3.05, 3.63) is 71.1 Å². The molecular formula is C21H23N2O3PS. The molecule has 3 aromatic rings. The highest BCUT2D eigenvalue weighted by Crippen LogP contribution is 2.43. The van der Waals surface area contributed by atoms with Crippen molar-refractivity contribution in [2.24, 2.45) is 0 Å². The van der Waals surface area contributed by atoms with E-state index >= 15 is 0 Å². The molecule has 28 heavy (non-hydrogen) atoms. The van der Waals surface area contributed by atoms with Crippen LogP contribution in [0.15, 0.2) is 60.0 Å². The van der Waals surface area contributed by atoms with Gasteiger partial charge >= 0.3 is 0 Å². The number of hydrogen-bond acceptors (Lipinski definition) is 4. The molecule has 1 amide bonds. The number of hydrogen-bond donors (Lipinski definition) is 3. The van der Waals surface area contributed by atoms with Crippen LogP contribution < -0.4 is 11.1 Å². The Hall–Kier alpha value is -2.40. The summed E-state index contributed by atoms with van der Waals surface area (Å²) in [5.41, 5.74) is 9.04. The number of carbonyl (C=O) groups is 1. The fraction of sp³-hybridized carbons (Fsp3) is 0.190. The predicted molar refractivity (Wildman–Crippen MR) is 117 cm³/mol. The van der Waals surface area contributed by atoms with Crippen LogP contribution in [0.5, 0.6) is 0 Å². The highest BCUT2D eigenvalue weighted by atomic mass is 32.1. The van der Waals surface area contributed by atoms with Crippen LogP contribution in [0.1, 0.15) is 22.8 Å². The van der Waals surface area contributed by atoms with Crippen molar-refractivity contribution < 1.29 is 14.3 Å². The predicted octanol–water partition coefficient (Wildman–Crippen LogP) is 5.08. The monoisotopic (exact) mass is 414 g/mol. The largest absolute Gasteiger partial charge is 0.397 e. The molecule has 0 aliphatic heterocycles. The van der Waals surface area contributed by atoms with Gasteiger partial charge in [0, 0.05) is 22.8 Å². The molecule has 0 saturated heterocycles. The number of rotatable bonds is 6. The van der Waals surface area contributed by atoms with Crippen molar-refractivity contribution >= 4 is 36.0 Å². The van der Waals surface area contributed by atoms with Crippen LogP contribution in [0, 0.1) is 0 Å². The van der Waals surface area contributed by atoms with Crippen LogP contribution in [0.4, 0.5) is 11.4 Å². The van der Waals surface area contributed by atoms with Crippen molar-refractivity contribution in [2.45, 2.75) is 19.0 Å². The van der Waals surface area contributed by atoms with E-state index in [-0.39, 0.29) is 11.6 Å². The van der Waals surface area contributed by atoms with Gasteiger partial charge < -0.3 is 15.9 Å². The molecule has 0 radical (unpaired) electrons. The molecule has 2 atom stereocenters. The molecule has 3 rings (SSSR count). The van der Waals surface area contributed by atoms with Crippen molar-refractivity contribution in [1.29, 1.82) is 0 Å². The number of nitrogens with one attached hydrogen (secondary N) is 1. The Balaban J connectivity index is 1.79. The maximum Gasteiger partial charge on any atom is 0.255 e. The van der Waals surface area contributed by atoms with Gasteiger partial charge in [-0.3, -0.25) is 9.36 Å². The fourth-order valence-electron chi connectivity index (χ4n) is 2.81. The molecule has 0 aliphatic rings. The van der Waals surface area contributed by atoms with E-state index in [2.05, 4.69) is 5.32 Å². The van der Waals surface area contributed by atoms with Crippen LogP contribution >= 0.6 is 18.7 Å². The summed E-state index contributed by atoms with van der Waals surface area (Å²) in [4.78, 5) is 23.5. The van der Waals surface area contributed by atoms with Gasteiger partial charge in [-0.05, 0) is 53.3 Å². The molecule has 7 heteroatoms. The maximum absolute atomic E-state index is 12.7. The lowest BCUT2D eigenvalue weighted by atomic mass is 10.1. The average molecular weight is 414 g/mol. The Kier molecular flexibility index (Phi) is 6.04. The van der Waals surface area contributed by atoms with E-state index in [4.69, 9.17) is 5.73 Å². The zero-order valence-electron chi connectivity index (χ0n) is 15.8. The van der Waals surface area contributed by atoms with Crippen LogP contribution in [-0.2, 0) is 11.0 Å². The smallest absolute Gasteiger partial charge is 0.255 e. The Labute approximate surface area is 168 Å². The van der Waals surface area contributed by atoms with Gasteiger partial charge in [0.2, 0.25) is 7.37 Å². The molecule has 5 nitrogen and oxygen atoms in total. The van der Waals surface area contributed by atoms with E-state index in [9.17, 15) is 14.3 Å². The van der Waals surface area contributed by atoms with Crippen LogP contribution in [0.25, 0.3) is 10.4 Å². The van der Waals surface area contributed by atoms with E-state index in [0.717, 1.165) is 16.0 Å². The SMILES string of the molecule is CC(Cc1cccc(C(=O)Nc2cc(-c3cccs3)ccc2N)c1)P(C)(=O)O. The molecule has 0 bridgehead atoms. The number of anilines is 2. The molecular weight excluding hydrogens is 391 g/mol. The lowest BCUT2D eigenvalue weighted by Gasteiger charge is -2.15. The molecule has 0 fully saturated rings. The Morgan fingerprint density at radius 1 is 1.21 bits per heavy atom. The molecule has 0 aliphatic carbocycles. The van der Waals surface area contributed by atoms with E-state index in [0.29, 0.717) is 23.4 Å². The zero-order valence-corrected chi connectivity index (χ0v) is 17.5. The van der Waals surface area contributed by atoms with Crippen molar-refractivity contribution in [1.82, 2.24) is 0 Å². The fourth-order valence-corrected chi connectivity index (χ4v) is 4.08. The van der Waals surface area contributed by atoms with E-state index in [1.807, 2.05) is 35.7 Å². The lowest BCUT2D eigenvalue weighted by molar-refractivity contribution is 0.102. The van der Waals surface area contributed by atoms with Crippen molar-refractivity contribution in [3.63, 3.8) is 0 Å². The van der Waals surface area contributed by atoms with Gasteiger partial charge in [-0.25, -0.2) is 0 Å². The van der Waals surface area contributed by atoms with Gasteiger partial charge in [0.05, 0.1) is 11.4 Å². The van der Waals surface area contributed by atoms with Gasteiger partial charge in [0.15, 0.2) is 0 Å². The number of benzene rings is 2. The molecule has 1 heterocycles. The summed E-state index contributed by atoms with van der Waals surface area (Å²) in [5.74, 6) is -0.270. The zero-order chi connectivity index (χ0) is 20.3. The second-order valence-electron chi connectivity index (χ2n) is 6.93. The standard InChI is InChI=1S/C21H23N2O3PS/c1-14(27(2,25)26)11-15-5-3-6-17(12-15)21(24)23-19-13-16(8-9-18(19)22)20-7-4-10-28-20/h3-10,12-14H,11,22H2,1-2H3,(H,23,24)(H,25,26). The highest BCUT2D eigenvalue weighted by Gasteiger charge is 2.21. The molecule has 1 aromatic heterocycles. The first kappa shape index (κ1) is 20.3. The molecule has 2 aromatic carbocycles. The summed E-state index contributed by atoms with van der Waals surface area (Å²) in [6.45, 7) is 3.10. The summed E-state index contributed by atoms with van der Waals surface area (Å²) >= 11 is 1.62. The summed E-state index contributed by atoms with van der Waals surface area (Å²) < 4.78 is 11.8. The van der Waals surface area contributed by atoms with Gasteiger partial charge in [-0.1, -0.05) is 31.2 Å². The lowest BCUT2D eigenvalue weighted by Crippen LogP contribution is -2.14. The summed E-state index contributed by atoms with van der Waals surface area (Å²) in [6, 6.07) is 16.7. The van der Waals surface area contributed by atoms with Gasteiger partial charge in [0.25, 0.3) is 5.91 Å². The number of amides is 1. The molecule has 0 spiro atoms. The average Bonchev–Trinajstić information content (AvgIpc) is 3.17. The van der Waals surface area contributed by atoms with E-state index < -0.39 is 7.37 Å². The van der Waals surface area contributed by atoms with Gasteiger partial charge in [0.1, 0.15) is 0 Å². The van der Waals surface area contributed by atoms with Crippen LogP contribution in [0.3, 0.4) is 0 Å². The van der Waals surface area contributed by atoms with E-state index in [1.165, 1.54) is 6.66 Å². The Morgan fingerprint density at radius 3 is 2.68 bits per heavy atom. The Bertz CT molecular complexity index is 1030. The van der Waals surface area contributed by atoms with Crippen LogP contribution in [0.2, 0.25) is 0 Å². The van der Waals surface area contributed by atoms with Crippen molar-refractivity contribution in [3.8, 4) is 10.4 Å². The second-order valence-corrected chi connectivity index (χ2v) is 10.6. The third-order valence-electron chi connectivity index (χ3n) is 4.65. The minimum atomic E-state index is -3.17. The molecule has 0 saturated carbocycles. The molecule has 4 N–H and O–H groups in total. The first-order chi connectivity index (χ1) is 13.2. The van der Waals surface area contributed by atoms with E-state index in [1.54, 1.807) is 42.5 Å². The second kappa shape index (κ2) is 8.31. The molecule has 2 unspecified atom stereocenters. The topological polar surface area (TPSA) is 92.4 Å². The highest BCUT2D eigenvalue weighted by molar-refractivity contribution is 7.57. The number of nitrogens with two attached hydrogens (primary N) is 1. The number of nitrogen functional groups attached to an aromatic ring is 1. The summed E-state index contributed by atoms with van der Waals surface area (Å²) in [6.07, 6.45) is 0.432. The maximum atomic E-state index is 12.7. The summed E-state index contributed by atoms with van der Waals surface area (Å²) in [7, 11) is -3.17. The van der Waals surface area contributed by atoms with Crippen LogP contribution in [-0.4, -0.2) is 23.1 Å². The first-order valence-corrected chi connectivity index (χ1v) is 11.9. The van der Waals surface area contributed by atoms with Gasteiger partial charge in [-0.15, -0.1) is 11.3 Å². The Morgan fingerprint density at radius 2 is 2.00 bits per heavy atom. The minimum absolute atomic E-state index is 0.270. The normalized spacial score (nSPS) is 14.2. The third kappa shape index (κ3) is 4.90. The first-order valence-electron chi connectivity index (χ1n) is 8.87. The minimum Gasteiger partial charge on any atom is -0.397 e. The number of carbonyl (C=O) groups excluding carboxylic acids is 1. The van der Waals surface area contributed by atoms with Gasteiger partial charge in [-0.2, -0.15) is 0 Å². The van der Waals surface area contributed by atoms with Crippen molar-refractivity contribution in [2.75, 3.05) is 17.7 Å². The number of thiophene rings is 1.